The van der Waals surface area contributed by atoms with Gasteiger partial charge in [-0.25, -0.2) is 4.79 Å². The van der Waals surface area contributed by atoms with E-state index >= 15 is 0 Å². The number of benzene rings is 1. The van der Waals surface area contributed by atoms with Crippen molar-refractivity contribution in [2.45, 2.75) is 58.8 Å². The molecular weight excluding hydrogens is 302 g/mol. The Morgan fingerprint density at radius 1 is 1.33 bits per heavy atom. The maximum atomic E-state index is 12.7. The molecule has 1 aliphatic heterocycles. The first-order chi connectivity index (χ1) is 11.6. The Kier molecular flexibility index (Phi) is 7.10. The highest BCUT2D eigenvalue weighted by Crippen LogP contribution is 2.31. The molecule has 4 heteroatoms. The van der Waals surface area contributed by atoms with E-state index in [0.29, 0.717) is 18.4 Å². The van der Waals surface area contributed by atoms with Gasteiger partial charge in [0.05, 0.1) is 12.1 Å². The Morgan fingerprint density at radius 3 is 2.67 bits per heavy atom. The minimum atomic E-state index is -0.222. The molecule has 1 fully saturated rings. The van der Waals surface area contributed by atoms with E-state index in [2.05, 4.69) is 20.8 Å². The topological polar surface area (TPSA) is 38.8 Å². The van der Waals surface area contributed by atoms with Gasteiger partial charge in [-0.15, -0.1) is 0 Å². The molecule has 0 N–H and O–H groups in total. The first kappa shape index (κ1) is 18.8. The molecule has 0 bridgehead atoms. The fourth-order valence-corrected chi connectivity index (χ4v) is 3.80. The Hall–Kier alpha value is -1.55. The predicted molar refractivity (Wildman–Crippen MR) is 95.8 cm³/mol. The zero-order chi connectivity index (χ0) is 17.5. The SMILES string of the molecule is CCC[C@H](C)[C@H]1[C@H](OC)C[C@H](C)CN1C(=O)OCc1ccccc1. The smallest absolute Gasteiger partial charge is 0.410 e. The van der Waals surface area contributed by atoms with Gasteiger partial charge >= 0.3 is 6.09 Å². The van der Waals surface area contributed by atoms with Crippen LogP contribution in [0, 0.1) is 11.8 Å². The van der Waals surface area contributed by atoms with E-state index in [9.17, 15) is 4.79 Å². The number of carbonyl (C=O) groups excluding carboxylic acids is 1. The third-order valence-corrected chi connectivity index (χ3v) is 4.95. The van der Waals surface area contributed by atoms with Crippen LogP contribution in [0.1, 0.15) is 45.6 Å². The number of rotatable bonds is 6. The third-order valence-electron chi connectivity index (χ3n) is 4.95. The normalized spacial score (nSPS) is 25.3. The molecule has 1 aromatic rings. The standard InChI is InChI=1S/C20H31NO3/c1-5-9-16(3)19-18(23-4)12-15(2)13-21(19)20(22)24-14-17-10-7-6-8-11-17/h6-8,10-11,15-16,18-19H,5,9,12-14H2,1-4H3/t15-,16-,18+,19-/m0/s1. The lowest BCUT2D eigenvalue weighted by atomic mass is 9.83. The van der Waals surface area contributed by atoms with E-state index in [0.717, 1.165) is 31.4 Å². The van der Waals surface area contributed by atoms with E-state index in [1.807, 2.05) is 35.2 Å². The van der Waals surface area contributed by atoms with Crippen LogP contribution in [0.2, 0.25) is 0 Å². The van der Waals surface area contributed by atoms with Gasteiger partial charge < -0.3 is 14.4 Å². The number of hydrogen-bond donors (Lipinski definition) is 0. The number of ether oxygens (including phenoxy) is 2. The predicted octanol–water partition coefficient (Wildman–Crippen LogP) is 4.48. The summed E-state index contributed by atoms with van der Waals surface area (Å²) in [6.07, 6.45) is 3.05. The number of hydrogen-bond acceptors (Lipinski definition) is 3. The molecule has 0 spiro atoms. The monoisotopic (exact) mass is 333 g/mol. The van der Waals surface area contributed by atoms with Crippen molar-refractivity contribution in [2.24, 2.45) is 11.8 Å². The van der Waals surface area contributed by atoms with Crippen LogP contribution in [0.3, 0.4) is 0 Å². The second-order valence-electron chi connectivity index (χ2n) is 7.06. The molecule has 24 heavy (non-hydrogen) atoms. The van der Waals surface area contributed by atoms with Crippen LogP contribution in [-0.2, 0) is 16.1 Å². The van der Waals surface area contributed by atoms with Gasteiger partial charge in [0.1, 0.15) is 6.61 Å². The second kappa shape index (κ2) is 9.07. The summed E-state index contributed by atoms with van der Waals surface area (Å²) in [6, 6.07) is 9.92. The summed E-state index contributed by atoms with van der Waals surface area (Å²) in [6.45, 7) is 7.63. The summed E-state index contributed by atoms with van der Waals surface area (Å²) < 4.78 is 11.3. The number of piperidine rings is 1. The van der Waals surface area contributed by atoms with Gasteiger partial charge in [0.15, 0.2) is 0 Å². The third kappa shape index (κ3) is 4.73. The van der Waals surface area contributed by atoms with E-state index < -0.39 is 0 Å². The van der Waals surface area contributed by atoms with Crippen molar-refractivity contribution >= 4 is 6.09 Å². The van der Waals surface area contributed by atoms with Crippen molar-refractivity contribution < 1.29 is 14.3 Å². The molecule has 1 heterocycles. The maximum Gasteiger partial charge on any atom is 0.410 e. The summed E-state index contributed by atoms with van der Waals surface area (Å²) >= 11 is 0. The van der Waals surface area contributed by atoms with Crippen LogP contribution in [-0.4, -0.2) is 36.8 Å². The summed E-state index contributed by atoms with van der Waals surface area (Å²) in [5.41, 5.74) is 1.01. The van der Waals surface area contributed by atoms with Crippen molar-refractivity contribution in [3.8, 4) is 0 Å². The van der Waals surface area contributed by atoms with Gasteiger partial charge in [0.25, 0.3) is 0 Å². The minimum Gasteiger partial charge on any atom is -0.445 e. The first-order valence-corrected chi connectivity index (χ1v) is 9.06. The molecule has 1 amide bonds. The second-order valence-corrected chi connectivity index (χ2v) is 7.06. The molecule has 4 atom stereocenters. The minimum absolute atomic E-state index is 0.0829. The molecule has 0 saturated carbocycles. The van der Waals surface area contributed by atoms with E-state index in [1.165, 1.54) is 0 Å². The molecular formula is C20H31NO3. The number of amides is 1. The molecule has 1 aromatic carbocycles. The van der Waals surface area contributed by atoms with Crippen LogP contribution >= 0.6 is 0 Å². The van der Waals surface area contributed by atoms with Crippen LogP contribution < -0.4 is 0 Å². The molecule has 4 nitrogen and oxygen atoms in total. The van der Waals surface area contributed by atoms with Gasteiger partial charge in [0, 0.05) is 13.7 Å². The Bertz CT molecular complexity index is 505. The lowest BCUT2D eigenvalue weighted by molar-refractivity contribution is -0.0543. The molecule has 0 radical (unpaired) electrons. The van der Waals surface area contributed by atoms with Crippen molar-refractivity contribution in [1.29, 1.82) is 0 Å². The fraction of sp³-hybridized carbons (Fsp3) is 0.650. The molecule has 1 saturated heterocycles. The number of likely N-dealkylation sites (tertiary alicyclic amines) is 1. The van der Waals surface area contributed by atoms with Crippen molar-refractivity contribution in [2.75, 3.05) is 13.7 Å². The van der Waals surface area contributed by atoms with E-state index in [1.54, 1.807) is 7.11 Å². The maximum absolute atomic E-state index is 12.7. The zero-order valence-electron chi connectivity index (χ0n) is 15.4. The van der Waals surface area contributed by atoms with Crippen molar-refractivity contribution in [1.82, 2.24) is 4.90 Å². The summed E-state index contributed by atoms with van der Waals surface area (Å²) in [4.78, 5) is 14.7. The van der Waals surface area contributed by atoms with Gasteiger partial charge in [-0.05, 0) is 30.2 Å². The quantitative estimate of drug-likeness (QED) is 0.770. The van der Waals surface area contributed by atoms with Crippen LogP contribution in [0.15, 0.2) is 30.3 Å². The molecule has 134 valence electrons. The molecule has 0 aliphatic carbocycles. The molecule has 2 rings (SSSR count). The van der Waals surface area contributed by atoms with Crippen molar-refractivity contribution in [3.05, 3.63) is 35.9 Å². The molecule has 0 aromatic heterocycles. The average Bonchev–Trinajstić information content (AvgIpc) is 2.59. The zero-order valence-corrected chi connectivity index (χ0v) is 15.4. The molecule has 0 unspecified atom stereocenters. The molecule has 1 aliphatic rings. The number of carbonyl (C=O) groups is 1. The van der Waals surface area contributed by atoms with Gasteiger partial charge in [-0.1, -0.05) is 57.5 Å². The van der Waals surface area contributed by atoms with E-state index in [-0.39, 0.29) is 18.2 Å². The lowest BCUT2D eigenvalue weighted by Crippen LogP contribution is -2.56. The first-order valence-electron chi connectivity index (χ1n) is 9.06. The van der Waals surface area contributed by atoms with Gasteiger partial charge in [0.2, 0.25) is 0 Å². The largest absolute Gasteiger partial charge is 0.445 e. The Labute approximate surface area is 146 Å². The summed E-state index contributed by atoms with van der Waals surface area (Å²) in [5.74, 6) is 0.820. The van der Waals surface area contributed by atoms with Crippen LogP contribution in [0.4, 0.5) is 4.79 Å². The fourth-order valence-electron chi connectivity index (χ4n) is 3.80. The van der Waals surface area contributed by atoms with Crippen molar-refractivity contribution in [3.63, 3.8) is 0 Å². The highest BCUT2D eigenvalue weighted by Gasteiger charge is 2.40. The highest BCUT2D eigenvalue weighted by molar-refractivity contribution is 5.68. The van der Waals surface area contributed by atoms with Gasteiger partial charge in [-0.2, -0.15) is 0 Å². The summed E-state index contributed by atoms with van der Waals surface area (Å²) in [7, 11) is 1.75. The lowest BCUT2D eigenvalue weighted by Gasteiger charge is -2.45. The highest BCUT2D eigenvalue weighted by atomic mass is 16.6. The van der Waals surface area contributed by atoms with Gasteiger partial charge in [-0.3, -0.25) is 0 Å². The Balaban J connectivity index is 2.08. The number of methoxy groups -OCH3 is 1. The van der Waals surface area contributed by atoms with E-state index in [4.69, 9.17) is 9.47 Å². The number of nitrogens with zero attached hydrogens (tertiary/aromatic N) is 1. The van der Waals surface area contributed by atoms with Crippen LogP contribution in [0.5, 0.6) is 0 Å². The average molecular weight is 333 g/mol. The Morgan fingerprint density at radius 2 is 2.04 bits per heavy atom. The van der Waals surface area contributed by atoms with Crippen LogP contribution in [0.25, 0.3) is 0 Å². The summed E-state index contributed by atoms with van der Waals surface area (Å²) in [5, 5.41) is 0.